The van der Waals surface area contributed by atoms with E-state index in [0.717, 1.165) is 0 Å². The molecular formula is C12H16N2O2Si. The Hall–Kier alpha value is -1.80. The summed E-state index contributed by atoms with van der Waals surface area (Å²) in [5.74, 6) is 3.02. The number of nitro benzene ring substituents is 1. The molecule has 1 rings (SSSR count). The van der Waals surface area contributed by atoms with Crippen molar-refractivity contribution in [1.29, 1.82) is 0 Å². The molecular weight excluding hydrogens is 232 g/mol. The molecule has 0 atom stereocenters. The monoisotopic (exact) mass is 248 g/mol. The number of nitrogens with two attached hydrogens (primary N) is 1. The molecule has 2 N–H and O–H groups in total. The van der Waals surface area contributed by atoms with E-state index >= 15 is 0 Å². The second-order valence-corrected chi connectivity index (χ2v) is 9.73. The summed E-state index contributed by atoms with van der Waals surface area (Å²) in [6.07, 6.45) is 0. The molecule has 1 aromatic rings. The number of benzene rings is 1. The molecule has 17 heavy (non-hydrogen) atoms. The zero-order valence-electron chi connectivity index (χ0n) is 10.5. The molecule has 0 unspecified atom stereocenters. The van der Waals surface area contributed by atoms with Gasteiger partial charge in [0.1, 0.15) is 8.07 Å². The lowest BCUT2D eigenvalue weighted by Gasteiger charge is -2.05. The van der Waals surface area contributed by atoms with Crippen LogP contribution in [0.3, 0.4) is 0 Å². The van der Waals surface area contributed by atoms with Gasteiger partial charge in [0.25, 0.3) is 5.69 Å². The van der Waals surface area contributed by atoms with Gasteiger partial charge in [0.15, 0.2) is 0 Å². The van der Waals surface area contributed by atoms with Crippen molar-refractivity contribution in [2.24, 2.45) is 0 Å². The molecule has 4 nitrogen and oxygen atoms in total. The van der Waals surface area contributed by atoms with Gasteiger partial charge in [-0.05, 0) is 13.0 Å². The normalized spacial score (nSPS) is 10.6. The fraction of sp³-hybridized carbons (Fsp3) is 0.333. The zero-order chi connectivity index (χ0) is 13.2. The van der Waals surface area contributed by atoms with Crippen LogP contribution in [0, 0.1) is 28.5 Å². The lowest BCUT2D eigenvalue weighted by atomic mass is 10.1. The van der Waals surface area contributed by atoms with Crippen LogP contribution < -0.4 is 5.73 Å². The van der Waals surface area contributed by atoms with Gasteiger partial charge in [-0.3, -0.25) is 10.1 Å². The van der Waals surface area contributed by atoms with Gasteiger partial charge in [0.05, 0.1) is 10.6 Å². The van der Waals surface area contributed by atoms with Gasteiger partial charge in [-0.25, -0.2) is 0 Å². The second kappa shape index (κ2) is 4.59. The van der Waals surface area contributed by atoms with Crippen molar-refractivity contribution in [2.75, 3.05) is 5.73 Å². The van der Waals surface area contributed by atoms with Crippen molar-refractivity contribution >= 4 is 19.4 Å². The molecule has 5 heteroatoms. The van der Waals surface area contributed by atoms with Crippen LogP contribution in [0.4, 0.5) is 11.4 Å². The van der Waals surface area contributed by atoms with Crippen LogP contribution in [-0.4, -0.2) is 13.0 Å². The molecule has 1 aromatic carbocycles. The van der Waals surface area contributed by atoms with Gasteiger partial charge >= 0.3 is 0 Å². The van der Waals surface area contributed by atoms with E-state index in [2.05, 4.69) is 31.1 Å². The predicted octanol–water partition coefficient (Wildman–Crippen LogP) is 2.71. The quantitative estimate of drug-likeness (QED) is 0.273. The van der Waals surface area contributed by atoms with Crippen LogP contribution in [0.5, 0.6) is 0 Å². The van der Waals surface area contributed by atoms with E-state index in [-0.39, 0.29) is 5.69 Å². The van der Waals surface area contributed by atoms with Crippen LogP contribution in [-0.2, 0) is 0 Å². The number of nitrogens with zero attached hydrogens (tertiary/aromatic N) is 1. The molecule has 0 spiro atoms. The fourth-order valence-electron chi connectivity index (χ4n) is 1.27. The lowest BCUT2D eigenvalue weighted by molar-refractivity contribution is -0.385. The van der Waals surface area contributed by atoms with E-state index in [0.29, 0.717) is 16.8 Å². The first-order chi connectivity index (χ1) is 7.70. The Kier molecular flexibility index (Phi) is 3.58. The minimum atomic E-state index is -1.47. The Balaban J connectivity index is 3.25. The Bertz CT molecular complexity index is 522. The van der Waals surface area contributed by atoms with Crippen LogP contribution in [0.25, 0.3) is 0 Å². The molecule has 0 fully saturated rings. The number of aryl methyl sites for hydroxylation is 1. The Morgan fingerprint density at radius 3 is 2.41 bits per heavy atom. The number of anilines is 1. The maximum absolute atomic E-state index is 10.7. The summed E-state index contributed by atoms with van der Waals surface area (Å²) >= 11 is 0. The standard InChI is InChI=1S/C12H16N2O2Si/c1-9-7-10(5-6-17(2,3)4)11(13)8-12(9)14(15)16/h7-8H,13H2,1-4H3. The highest BCUT2D eigenvalue weighted by molar-refractivity contribution is 6.83. The highest BCUT2D eigenvalue weighted by atomic mass is 28.3. The van der Waals surface area contributed by atoms with Gasteiger partial charge in [-0.2, -0.15) is 0 Å². The number of rotatable bonds is 1. The average Bonchev–Trinajstić information content (AvgIpc) is 2.17. The molecule has 0 saturated carbocycles. The summed E-state index contributed by atoms with van der Waals surface area (Å²) in [5, 5.41) is 10.7. The van der Waals surface area contributed by atoms with Crippen molar-refractivity contribution < 1.29 is 4.92 Å². The smallest absolute Gasteiger partial charge is 0.274 e. The first-order valence-corrected chi connectivity index (χ1v) is 8.78. The fourth-order valence-corrected chi connectivity index (χ4v) is 1.78. The van der Waals surface area contributed by atoms with E-state index in [4.69, 9.17) is 5.73 Å². The summed E-state index contributed by atoms with van der Waals surface area (Å²) in [6.45, 7) is 8.09. The molecule has 90 valence electrons. The predicted molar refractivity (Wildman–Crippen MR) is 72.5 cm³/mol. The molecule has 0 aliphatic rings. The SMILES string of the molecule is Cc1cc(C#C[Si](C)(C)C)c(N)cc1[N+](=O)[O-]. The third kappa shape index (κ3) is 3.61. The summed E-state index contributed by atoms with van der Waals surface area (Å²) < 4.78 is 0. The first-order valence-electron chi connectivity index (χ1n) is 5.28. The van der Waals surface area contributed by atoms with Crippen molar-refractivity contribution in [3.63, 3.8) is 0 Å². The first kappa shape index (κ1) is 13.3. The van der Waals surface area contributed by atoms with Gasteiger partial charge in [0.2, 0.25) is 0 Å². The van der Waals surface area contributed by atoms with Crippen LogP contribution in [0.2, 0.25) is 19.6 Å². The van der Waals surface area contributed by atoms with Crippen molar-refractivity contribution in [2.45, 2.75) is 26.6 Å². The van der Waals surface area contributed by atoms with Gasteiger partial charge in [-0.15, -0.1) is 5.54 Å². The zero-order valence-corrected chi connectivity index (χ0v) is 11.5. The lowest BCUT2D eigenvalue weighted by Crippen LogP contribution is -2.16. The highest BCUT2D eigenvalue weighted by Crippen LogP contribution is 2.24. The number of nitrogen functional groups attached to an aromatic ring is 1. The number of hydrogen-bond donors (Lipinski definition) is 1. The minimum Gasteiger partial charge on any atom is -0.398 e. The van der Waals surface area contributed by atoms with Crippen LogP contribution in [0.1, 0.15) is 11.1 Å². The molecule has 0 bridgehead atoms. The van der Waals surface area contributed by atoms with E-state index in [1.807, 2.05) is 0 Å². The number of hydrogen-bond acceptors (Lipinski definition) is 3. The van der Waals surface area contributed by atoms with E-state index in [1.54, 1.807) is 13.0 Å². The highest BCUT2D eigenvalue weighted by Gasteiger charge is 2.13. The van der Waals surface area contributed by atoms with Crippen molar-refractivity contribution in [3.05, 3.63) is 33.4 Å². The Labute approximate surface area is 102 Å². The largest absolute Gasteiger partial charge is 0.398 e. The van der Waals surface area contributed by atoms with Gasteiger partial charge in [0, 0.05) is 17.2 Å². The van der Waals surface area contributed by atoms with E-state index in [9.17, 15) is 10.1 Å². The molecule has 0 heterocycles. The van der Waals surface area contributed by atoms with Crippen LogP contribution in [0.15, 0.2) is 12.1 Å². The summed E-state index contributed by atoms with van der Waals surface area (Å²) in [5.41, 5.74) is 10.6. The van der Waals surface area contributed by atoms with Gasteiger partial charge in [-0.1, -0.05) is 25.6 Å². The maximum Gasteiger partial charge on any atom is 0.274 e. The minimum absolute atomic E-state index is 0.0426. The third-order valence-electron chi connectivity index (χ3n) is 2.14. The van der Waals surface area contributed by atoms with E-state index < -0.39 is 13.0 Å². The molecule has 0 saturated heterocycles. The number of nitro groups is 1. The molecule has 0 amide bonds. The second-order valence-electron chi connectivity index (χ2n) is 4.98. The maximum atomic E-state index is 10.7. The summed E-state index contributed by atoms with van der Waals surface area (Å²) in [4.78, 5) is 10.3. The topological polar surface area (TPSA) is 69.2 Å². The molecule has 0 aliphatic heterocycles. The summed E-state index contributed by atoms with van der Waals surface area (Å²) in [6, 6.07) is 3.06. The van der Waals surface area contributed by atoms with Gasteiger partial charge < -0.3 is 5.73 Å². The summed E-state index contributed by atoms with van der Waals surface area (Å²) in [7, 11) is -1.47. The van der Waals surface area contributed by atoms with Crippen molar-refractivity contribution in [1.82, 2.24) is 0 Å². The Morgan fingerprint density at radius 1 is 1.35 bits per heavy atom. The molecule has 0 aliphatic carbocycles. The molecule has 0 aromatic heterocycles. The average molecular weight is 248 g/mol. The van der Waals surface area contributed by atoms with E-state index in [1.165, 1.54) is 6.07 Å². The third-order valence-corrected chi connectivity index (χ3v) is 3.01. The van der Waals surface area contributed by atoms with Crippen LogP contribution >= 0.6 is 0 Å². The molecule has 0 radical (unpaired) electrons. The Morgan fingerprint density at radius 2 is 1.94 bits per heavy atom. The van der Waals surface area contributed by atoms with Crippen molar-refractivity contribution in [3.8, 4) is 11.5 Å².